The molecule has 20 heavy (non-hydrogen) atoms. The quantitative estimate of drug-likeness (QED) is 0.632. The maximum Gasteiger partial charge on any atom is 0.292 e. The van der Waals surface area contributed by atoms with Crippen molar-refractivity contribution in [3.8, 4) is 6.07 Å². The van der Waals surface area contributed by atoms with Crippen LogP contribution in [0.2, 0.25) is 0 Å². The average Bonchev–Trinajstić information content (AvgIpc) is 2.37. The fourth-order valence-corrected chi connectivity index (χ4v) is 2.38. The van der Waals surface area contributed by atoms with Gasteiger partial charge in [-0.1, -0.05) is 27.7 Å². The molecule has 0 bridgehead atoms. The summed E-state index contributed by atoms with van der Waals surface area (Å²) in [5.41, 5.74) is 0.847. The lowest BCUT2D eigenvalue weighted by molar-refractivity contribution is -0.384. The summed E-state index contributed by atoms with van der Waals surface area (Å²) in [6, 6.07) is 6.38. The summed E-state index contributed by atoms with van der Waals surface area (Å²) in [5, 5.41) is 23.1. The van der Waals surface area contributed by atoms with Crippen LogP contribution in [0.15, 0.2) is 18.2 Å². The fourth-order valence-electron chi connectivity index (χ4n) is 2.38. The molecule has 0 heterocycles. The first kappa shape index (κ1) is 16.0. The van der Waals surface area contributed by atoms with Crippen LogP contribution in [0.4, 0.5) is 11.4 Å². The van der Waals surface area contributed by atoms with Crippen LogP contribution < -0.4 is 5.32 Å². The van der Waals surface area contributed by atoms with Gasteiger partial charge in [0.25, 0.3) is 5.69 Å². The Bertz CT molecular complexity index is 510. The van der Waals surface area contributed by atoms with Crippen molar-refractivity contribution in [1.29, 1.82) is 5.26 Å². The Morgan fingerprint density at radius 2 is 1.90 bits per heavy atom. The molecule has 0 fully saturated rings. The summed E-state index contributed by atoms with van der Waals surface area (Å²) in [7, 11) is 0. The average molecular weight is 275 g/mol. The van der Waals surface area contributed by atoms with Crippen LogP contribution in [0.3, 0.4) is 0 Å². The Kier molecular flexibility index (Phi) is 5.51. The molecule has 0 saturated carbocycles. The zero-order chi connectivity index (χ0) is 15.3. The lowest BCUT2D eigenvalue weighted by Gasteiger charge is -2.25. The van der Waals surface area contributed by atoms with Crippen LogP contribution in [0.5, 0.6) is 0 Å². The van der Waals surface area contributed by atoms with Gasteiger partial charge in [-0.15, -0.1) is 0 Å². The molecule has 0 amide bonds. The third-order valence-corrected chi connectivity index (χ3v) is 3.56. The molecule has 1 N–H and O–H groups in total. The van der Waals surface area contributed by atoms with Crippen molar-refractivity contribution in [3.63, 3.8) is 0 Å². The number of hydrogen-bond acceptors (Lipinski definition) is 4. The number of hydrogen-bond donors (Lipinski definition) is 1. The lowest BCUT2D eigenvalue weighted by atomic mass is 9.85. The van der Waals surface area contributed by atoms with E-state index in [9.17, 15) is 10.1 Å². The number of nitrogens with zero attached hydrogens (tertiary/aromatic N) is 2. The van der Waals surface area contributed by atoms with Crippen LogP contribution in [-0.2, 0) is 0 Å². The smallest absolute Gasteiger partial charge is 0.292 e. The molecule has 0 unspecified atom stereocenters. The van der Waals surface area contributed by atoms with Crippen molar-refractivity contribution < 1.29 is 4.92 Å². The van der Waals surface area contributed by atoms with Gasteiger partial charge in [-0.3, -0.25) is 10.1 Å². The molecule has 1 rings (SSSR count). The Morgan fingerprint density at radius 1 is 1.30 bits per heavy atom. The van der Waals surface area contributed by atoms with Crippen molar-refractivity contribution in [3.05, 3.63) is 33.9 Å². The molecule has 0 spiro atoms. The Morgan fingerprint density at radius 3 is 2.35 bits per heavy atom. The van der Waals surface area contributed by atoms with Crippen LogP contribution in [0.1, 0.15) is 33.3 Å². The summed E-state index contributed by atoms with van der Waals surface area (Å²) >= 11 is 0. The number of benzene rings is 1. The standard InChI is InChI=1S/C15H21N3O2/c1-10(2)13(11(3)4)9-17-14-7-12(8-16)5-6-15(14)18(19)20/h5-7,10-11,13,17H,9H2,1-4H3. The van der Waals surface area contributed by atoms with Gasteiger partial charge in [-0.05, 0) is 29.9 Å². The van der Waals surface area contributed by atoms with E-state index in [0.717, 1.165) is 0 Å². The SMILES string of the molecule is CC(C)C(CNc1cc(C#N)ccc1[N+](=O)[O-])C(C)C. The topological polar surface area (TPSA) is 79.0 Å². The van der Waals surface area contributed by atoms with E-state index in [1.165, 1.54) is 18.2 Å². The largest absolute Gasteiger partial charge is 0.379 e. The first-order chi connectivity index (χ1) is 9.36. The summed E-state index contributed by atoms with van der Waals surface area (Å²) in [6.45, 7) is 9.24. The highest BCUT2D eigenvalue weighted by atomic mass is 16.6. The molecule has 0 aliphatic carbocycles. The number of anilines is 1. The van der Waals surface area contributed by atoms with E-state index in [1.54, 1.807) is 0 Å². The minimum atomic E-state index is -0.427. The van der Waals surface area contributed by atoms with Gasteiger partial charge in [-0.25, -0.2) is 0 Å². The minimum absolute atomic E-state index is 0.00950. The van der Waals surface area contributed by atoms with Gasteiger partial charge in [0.15, 0.2) is 0 Å². The Balaban J connectivity index is 2.96. The number of nitro groups is 1. The predicted octanol–water partition coefficient (Wildman–Crippen LogP) is 3.81. The number of nitriles is 1. The van der Waals surface area contributed by atoms with Crippen LogP contribution in [0, 0.1) is 39.2 Å². The molecule has 1 aromatic carbocycles. The molecule has 5 nitrogen and oxygen atoms in total. The highest BCUT2D eigenvalue weighted by molar-refractivity contribution is 5.64. The second kappa shape index (κ2) is 6.90. The normalized spacial score (nSPS) is 10.9. The number of rotatable bonds is 6. The first-order valence-electron chi connectivity index (χ1n) is 6.79. The molecule has 0 atom stereocenters. The third kappa shape index (κ3) is 3.95. The first-order valence-corrected chi connectivity index (χ1v) is 6.79. The zero-order valence-corrected chi connectivity index (χ0v) is 12.4. The van der Waals surface area contributed by atoms with Gasteiger partial charge >= 0.3 is 0 Å². The van der Waals surface area contributed by atoms with E-state index in [2.05, 4.69) is 33.0 Å². The molecule has 0 aromatic heterocycles. The molecule has 5 heteroatoms. The van der Waals surface area contributed by atoms with Crippen molar-refractivity contribution in [2.24, 2.45) is 17.8 Å². The van der Waals surface area contributed by atoms with E-state index in [0.29, 0.717) is 35.5 Å². The molecule has 0 aliphatic heterocycles. The highest BCUT2D eigenvalue weighted by Crippen LogP contribution is 2.27. The van der Waals surface area contributed by atoms with Gasteiger partial charge in [0.05, 0.1) is 16.6 Å². The van der Waals surface area contributed by atoms with E-state index in [-0.39, 0.29) is 5.69 Å². The van der Waals surface area contributed by atoms with E-state index in [4.69, 9.17) is 5.26 Å². The molecule has 108 valence electrons. The van der Waals surface area contributed by atoms with Gasteiger partial charge in [0.2, 0.25) is 0 Å². The molecule has 0 radical (unpaired) electrons. The number of nitrogens with one attached hydrogen (secondary N) is 1. The van der Waals surface area contributed by atoms with Gasteiger partial charge in [-0.2, -0.15) is 5.26 Å². The van der Waals surface area contributed by atoms with Crippen molar-refractivity contribution >= 4 is 11.4 Å². The Hall–Kier alpha value is -2.09. The summed E-state index contributed by atoms with van der Waals surface area (Å²) in [6.07, 6.45) is 0. The zero-order valence-electron chi connectivity index (χ0n) is 12.4. The molecule has 0 saturated heterocycles. The third-order valence-electron chi connectivity index (χ3n) is 3.56. The van der Waals surface area contributed by atoms with Crippen molar-refractivity contribution in [2.75, 3.05) is 11.9 Å². The summed E-state index contributed by atoms with van der Waals surface area (Å²) in [5.74, 6) is 1.39. The van der Waals surface area contributed by atoms with Gasteiger partial charge in [0.1, 0.15) is 5.69 Å². The van der Waals surface area contributed by atoms with Crippen molar-refractivity contribution in [1.82, 2.24) is 0 Å². The van der Waals surface area contributed by atoms with Gasteiger partial charge < -0.3 is 5.32 Å². The van der Waals surface area contributed by atoms with Crippen LogP contribution in [0.25, 0.3) is 0 Å². The van der Waals surface area contributed by atoms with E-state index in [1.807, 2.05) is 6.07 Å². The maximum atomic E-state index is 11.0. The second-order valence-corrected chi connectivity index (χ2v) is 5.63. The molecule has 1 aromatic rings. The summed E-state index contributed by atoms with van der Waals surface area (Å²) < 4.78 is 0. The maximum absolute atomic E-state index is 11.0. The minimum Gasteiger partial charge on any atom is -0.379 e. The van der Waals surface area contributed by atoms with Gasteiger partial charge in [0, 0.05) is 12.6 Å². The van der Waals surface area contributed by atoms with Crippen molar-refractivity contribution in [2.45, 2.75) is 27.7 Å². The molecule has 0 aliphatic rings. The predicted molar refractivity (Wildman–Crippen MR) is 79.5 cm³/mol. The molecular weight excluding hydrogens is 254 g/mol. The Labute approximate surface area is 119 Å². The van der Waals surface area contributed by atoms with E-state index < -0.39 is 4.92 Å². The van der Waals surface area contributed by atoms with Crippen LogP contribution >= 0.6 is 0 Å². The summed E-state index contributed by atoms with van der Waals surface area (Å²) in [4.78, 5) is 10.6. The van der Waals surface area contributed by atoms with Crippen LogP contribution in [-0.4, -0.2) is 11.5 Å². The fraction of sp³-hybridized carbons (Fsp3) is 0.533. The lowest BCUT2D eigenvalue weighted by Crippen LogP contribution is -2.24. The monoisotopic (exact) mass is 275 g/mol. The molecular formula is C15H21N3O2. The highest BCUT2D eigenvalue weighted by Gasteiger charge is 2.20. The van der Waals surface area contributed by atoms with E-state index >= 15 is 0 Å². The second-order valence-electron chi connectivity index (χ2n) is 5.63. The number of nitro benzene ring substituents is 1.